The Morgan fingerprint density at radius 3 is 2.31 bits per heavy atom. The molecule has 2 aromatic carbocycles. The molecule has 1 aromatic heterocycles. The van der Waals surface area contributed by atoms with E-state index in [-0.39, 0.29) is 11.8 Å². The summed E-state index contributed by atoms with van der Waals surface area (Å²) in [5.74, 6) is 1.22. The fourth-order valence-electron chi connectivity index (χ4n) is 8.11. The lowest BCUT2D eigenvalue weighted by molar-refractivity contribution is -0.152. The molecular formula is C33H39N3O6. The number of rotatable bonds is 7. The van der Waals surface area contributed by atoms with Crippen LogP contribution in [0.15, 0.2) is 60.7 Å². The van der Waals surface area contributed by atoms with Gasteiger partial charge in [-0.25, -0.2) is 0 Å². The molecular weight excluding hydrogens is 534 g/mol. The lowest BCUT2D eigenvalue weighted by Gasteiger charge is -2.41. The average molecular weight is 574 g/mol. The minimum atomic E-state index is -1.86. The normalized spacial score (nSPS) is 32.9. The molecule has 0 amide bonds. The third-order valence-corrected chi connectivity index (χ3v) is 9.88. The van der Waals surface area contributed by atoms with Crippen LogP contribution in [0.2, 0.25) is 0 Å². The second-order valence-electron chi connectivity index (χ2n) is 12.4. The molecule has 222 valence electrons. The minimum absolute atomic E-state index is 0.174. The van der Waals surface area contributed by atoms with Crippen molar-refractivity contribution in [2.75, 3.05) is 66.1 Å². The van der Waals surface area contributed by atoms with Crippen LogP contribution in [0.5, 0.6) is 17.5 Å². The lowest BCUT2D eigenvalue weighted by atomic mass is 9.70. The Morgan fingerprint density at radius 1 is 1.00 bits per heavy atom. The van der Waals surface area contributed by atoms with Gasteiger partial charge < -0.3 is 39.0 Å². The molecule has 0 unspecified atom stereocenters. The van der Waals surface area contributed by atoms with Crippen molar-refractivity contribution in [3.63, 3.8) is 0 Å². The average Bonchev–Trinajstić information content (AvgIpc) is 3.72. The first-order valence-corrected chi connectivity index (χ1v) is 14.7. The van der Waals surface area contributed by atoms with Crippen LogP contribution in [0.3, 0.4) is 0 Å². The van der Waals surface area contributed by atoms with Gasteiger partial charge in [-0.2, -0.15) is 4.98 Å². The van der Waals surface area contributed by atoms with Gasteiger partial charge in [0.25, 0.3) is 0 Å². The smallest absolute Gasteiger partial charge is 0.226 e. The lowest BCUT2D eigenvalue weighted by Crippen LogP contribution is -2.52. The van der Waals surface area contributed by atoms with Gasteiger partial charge in [-0.05, 0) is 37.4 Å². The van der Waals surface area contributed by atoms with Gasteiger partial charge in [0.2, 0.25) is 11.8 Å². The van der Waals surface area contributed by atoms with Crippen LogP contribution in [0.1, 0.15) is 22.6 Å². The Balaban J connectivity index is 1.42. The maximum Gasteiger partial charge on any atom is 0.226 e. The first-order valence-electron chi connectivity index (χ1n) is 14.7. The van der Waals surface area contributed by atoms with Crippen molar-refractivity contribution < 1.29 is 29.2 Å². The second kappa shape index (κ2) is 10.1. The number of aliphatic hydroxyl groups is 2. The Kier molecular flexibility index (Phi) is 6.62. The van der Waals surface area contributed by atoms with Crippen molar-refractivity contribution in [3.05, 3.63) is 77.4 Å². The van der Waals surface area contributed by atoms with Gasteiger partial charge in [0.05, 0.1) is 39.1 Å². The van der Waals surface area contributed by atoms with Crippen molar-refractivity contribution in [3.8, 4) is 17.5 Å². The second-order valence-corrected chi connectivity index (χ2v) is 12.4. The highest BCUT2D eigenvalue weighted by Crippen LogP contribution is 2.70. The minimum Gasteiger partial charge on any atom is -0.481 e. The van der Waals surface area contributed by atoms with Crippen LogP contribution >= 0.6 is 0 Å². The number of methoxy groups -OCH3 is 2. The third kappa shape index (κ3) is 3.80. The number of hydrogen-bond acceptors (Lipinski definition) is 9. The number of anilines is 1. The number of pyridine rings is 1. The molecule has 2 N–H and O–H groups in total. The van der Waals surface area contributed by atoms with Crippen LogP contribution in [-0.4, -0.2) is 87.4 Å². The molecule has 1 aliphatic carbocycles. The molecule has 3 fully saturated rings. The number of aromatic nitrogens is 1. The monoisotopic (exact) mass is 573 g/mol. The summed E-state index contributed by atoms with van der Waals surface area (Å²) in [4.78, 5) is 8.96. The van der Waals surface area contributed by atoms with E-state index in [0.717, 1.165) is 43.1 Å². The highest BCUT2D eigenvalue weighted by Gasteiger charge is 2.77. The van der Waals surface area contributed by atoms with E-state index >= 15 is 0 Å². The molecule has 0 bridgehead atoms. The van der Waals surface area contributed by atoms with Crippen LogP contribution < -0.4 is 19.1 Å². The van der Waals surface area contributed by atoms with E-state index in [9.17, 15) is 10.2 Å². The molecule has 9 nitrogen and oxygen atoms in total. The predicted molar refractivity (Wildman–Crippen MR) is 157 cm³/mol. The van der Waals surface area contributed by atoms with Crippen LogP contribution in [0.4, 0.5) is 5.69 Å². The number of fused-ring (bicyclic) bond motifs is 4. The van der Waals surface area contributed by atoms with Crippen molar-refractivity contribution in [1.82, 2.24) is 9.88 Å². The molecule has 9 heteroatoms. The van der Waals surface area contributed by atoms with E-state index in [0.29, 0.717) is 35.6 Å². The van der Waals surface area contributed by atoms with Crippen LogP contribution in [0, 0.1) is 17.8 Å². The largest absolute Gasteiger partial charge is 0.481 e. The third-order valence-electron chi connectivity index (χ3n) is 9.88. The summed E-state index contributed by atoms with van der Waals surface area (Å²) in [5, 5.41) is 25.3. The molecule has 1 saturated carbocycles. The standard InChI is InChI=1S/C33H39N3O6/c1-35(2)17-25-28(20-8-6-5-7-9-20)33(23-10-12-24(13-11-23)36-15-21-18-41-19-22(21)16-36)32(38,30(25)37)29-26(42-33)14-27(39-3)34-31(29)40-4/h5-14,21-22,25,28,30,37-38H,15-19H2,1-4H3/t21-,22+,25-,28-,30-,32+,33+/m1/s1. The van der Waals surface area contributed by atoms with E-state index in [1.807, 2.05) is 37.2 Å². The summed E-state index contributed by atoms with van der Waals surface area (Å²) in [5.41, 5.74) is -0.00433. The maximum absolute atomic E-state index is 13.1. The SMILES string of the molecule is COc1cc2c(c(OC)n1)[C@]1(O)[C@H](O)[C@H](CN(C)C)[C@@H](c3ccccc3)[C@]1(c1ccc(N3C[C@H]4COC[C@H]4C3)cc1)O2. The van der Waals surface area contributed by atoms with E-state index < -0.39 is 23.2 Å². The zero-order chi connectivity index (χ0) is 29.2. The first kappa shape index (κ1) is 27.5. The summed E-state index contributed by atoms with van der Waals surface area (Å²) in [7, 11) is 6.99. The highest BCUT2D eigenvalue weighted by atomic mass is 16.5. The molecule has 7 rings (SSSR count). The molecule has 7 atom stereocenters. The summed E-state index contributed by atoms with van der Waals surface area (Å²) in [6.07, 6.45) is -1.19. The van der Waals surface area contributed by atoms with Gasteiger partial charge in [0.15, 0.2) is 11.2 Å². The molecule has 3 aliphatic heterocycles. The number of nitrogens with zero attached hydrogens (tertiary/aromatic N) is 3. The van der Waals surface area contributed by atoms with Crippen molar-refractivity contribution >= 4 is 5.69 Å². The van der Waals surface area contributed by atoms with Gasteiger partial charge >= 0.3 is 0 Å². The van der Waals surface area contributed by atoms with Crippen LogP contribution in [-0.2, 0) is 15.9 Å². The summed E-state index contributed by atoms with van der Waals surface area (Å²) in [6, 6.07) is 20.1. The summed E-state index contributed by atoms with van der Waals surface area (Å²) < 4.78 is 23.9. The number of ether oxygens (including phenoxy) is 4. The van der Waals surface area contributed by atoms with Gasteiger partial charge in [-0.1, -0.05) is 42.5 Å². The van der Waals surface area contributed by atoms with Gasteiger partial charge in [-0.15, -0.1) is 0 Å². The van der Waals surface area contributed by atoms with Crippen molar-refractivity contribution in [2.45, 2.75) is 23.2 Å². The van der Waals surface area contributed by atoms with Crippen molar-refractivity contribution in [2.24, 2.45) is 17.8 Å². The van der Waals surface area contributed by atoms with Gasteiger partial charge in [-0.3, -0.25) is 0 Å². The number of hydrogen-bond donors (Lipinski definition) is 2. The van der Waals surface area contributed by atoms with E-state index in [4.69, 9.17) is 18.9 Å². The Labute approximate surface area is 246 Å². The van der Waals surface area contributed by atoms with E-state index in [1.165, 1.54) is 14.2 Å². The molecule has 0 spiro atoms. The fraction of sp³-hybridized carbons (Fsp3) is 0.485. The van der Waals surface area contributed by atoms with Crippen molar-refractivity contribution in [1.29, 1.82) is 0 Å². The first-order chi connectivity index (χ1) is 20.3. The zero-order valence-electron chi connectivity index (χ0n) is 24.6. The summed E-state index contributed by atoms with van der Waals surface area (Å²) in [6.45, 7) is 4.13. The molecule has 0 radical (unpaired) electrons. The summed E-state index contributed by atoms with van der Waals surface area (Å²) >= 11 is 0. The molecule has 4 aliphatic rings. The number of aliphatic hydroxyl groups excluding tert-OH is 1. The Hall–Kier alpha value is -3.37. The predicted octanol–water partition coefficient (Wildman–Crippen LogP) is 2.99. The van der Waals surface area contributed by atoms with Gasteiger partial charge in [0, 0.05) is 55.1 Å². The molecule has 42 heavy (non-hydrogen) atoms. The maximum atomic E-state index is 13.1. The van der Waals surface area contributed by atoms with E-state index in [2.05, 4.69) is 46.3 Å². The molecule has 3 aromatic rings. The van der Waals surface area contributed by atoms with E-state index in [1.54, 1.807) is 6.07 Å². The number of benzene rings is 2. The Bertz CT molecular complexity index is 1440. The van der Waals surface area contributed by atoms with Gasteiger partial charge in [0.1, 0.15) is 5.75 Å². The topological polar surface area (TPSA) is 96.8 Å². The molecule has 4 heterocycles. The molecule has 2 saturated heterocycles. The zero-order valence-corrected chi connectivity index (χ0v) is 24.6. The Morgan fingerprint density at radius 2 is 1.69 bits per heavy atom. The quantitative estimate of drug-likeness (QED) is 0.442. The highest BCUT2D eigenvalue weighted by molar-refractivity contribution is 5.61. The van der Waals surface area contributed by atoms with Crippen LogP contribution in [0.25, 0.3) is 0 Å². The fourth-order valence-corrected chi connectivity index (χ4v) is 8.11.